The molecule has 2 N–H and O–H groups in total. The van der Waals surface area contributed by atoms with E-state index in [4.69, 9.17) is 4.52 Å². The topological polar surface area (TPSA) is 67.2 Å². The van der Waals surface area contributed by atoms with E-state index in [1.54, 1.807) is 0 Å². The third-order valence-corrected chi connectivity index (χ3v) is 5.59. The van der Waals surface area contributed by atoms with Gasteiger partial charge in [0.1, 0.15) is 5.76 Å². The zero-order chi connectivity index (χ0) is 16.1. The molecule has 0 aromatic carbocycles. The van der Waals surface area contributed by atoms with Crippen molar-refractivity contribution in [3.63, 3.8) is 0 Å². The van der Waals surface area contributed by atoms with E-state index < -0.39 is 0 Å². The molecule has 124 valence electrons. The molecule has 0 radical (unpaired) electrons. The molecule has 1 fully saturated rings. The molecule has 0 bridgehead atoms. The van der Waals surface area contributed by atoms with E-state index in [9.17, 15) is 4.79 Å². The predicted octanol–water partition coefficient (Wildman–Crippen LogP) is 3.72. The van der Waals surface area contributed by atoms with Crippen molar-refractivity contribution in [2.24, 2.45) is 0 Å². The Bertz CT molecular complexity index is 482. The first kappa shape index (κ1) is 17.2. The van der Waals surface area contributed by atoms with Crippen LogP contribution in [0.4, 0.5) is 4.79 Å². The first-order chi connectivity index (χ1) is 10.5. The van der Waals surface area contributed by atoms with E-state index in [1.807, 2.05) is 32.5 Å². The minimum Gasteiger partial charge on any atom is -0.361 e. The van der Waals surface area contributed by atoms with E-state index in [0.29, 0.717) is 5.25 Å². The number of urea groups is 1. The van der Waals surface area contributed by atoms with Gasteiger partial charge in [0.25, 0.3) is 0 Å². The van der Waals surface area contributed by atoms with Crippen LogP contribution in [-0.2, 0) is 0 Å². The summed E-state index contributed by atoms with van der Waals surface area (Å²) in [5.74, 6) is 1.86. The third kappa shape index (κ3) is 4.18. The van der Waals surface area contributed by atoms with E-state index >= 15 is 0 Å². The average Bonchev–Trinajstić information content (AvgIpc) is 2.80. The minimum absolute atomic E-state index is 0.0962. The van der Waals surface area contributed by atoms with Gasteiger partial charge in [0.2, 0.25) is 0 Å². The molecule has 3 unspecified atom stereocenters. The van der Waals surface area contributed by atoms with Crippen LogP contribution in [0.1, 0.15) is 62.6 Å². The highest BCUT2D eigenvalue weighted by Gasteiger charge is 2.27. The summed E-state index contributed by atoms with van der Waals surface area (Å²) in [5, 5.41) is 10.7. The standard InChI is InChI=1S/C16H27N3O2S/c1-5-22-14-9-7-6-8-13(14)18-16(20)17-10(2)15-11(3)19-21-12(15)4/h10,13-14H,5-9H2,1-4H3,(H2,17,18,20). The monoisotopic (exact) mass is 325 g/mol. The van der Waals surface area contributed by atoms with Crippen molar-refractivity contribution in [2.45, 2.75) is 70.7 Å². The summed E-state index contributed by atoms with van der Waals surface area (Å²) in [5.41, 5.74) is 1.81. The number of carbonyl (C=O) groups is 1. The second-order valence-electron chi connectivity index (χ2n) is 5.96. The highest BCUT2D eigenvalue weighted by molar-refractivity contribution is 7.99. The van der Waals surface area contributed by atoms with Crippen molar-refractivity contribution in [3.05, 3.63) is 17.0 Å². The SMILES string of the molecule is CCSC1CCCCC1NC(=O)NC(C)c1c(C)noc1C. The Morgan fingerprint density at radius 2 is 2.14 bits per heavy atom. The van der Waals surface area contributed by atoms with Crippen molar-refractivity contribution < 1.29 is 9.32 Å². The number of hydrogen-bond acceptors (Lipinski definition) is 4. The largest absolute Gasteiger partial charge is 0.361 e. The number of nitrogens with zero attached hydrogens (tertiary/aromatic N) is 1. The van der Waals surface area contributed by atoms with Gasteiger partial charge in [-0.15, -0.1) is 0 Å². The summed E-state index contributed by atoms with van der Waals surface area (Å²) in [6, 6.07) is 0.0730. The Kier molecular flexibility index (Phi) is 6.17. The van der Waals surface area contributed by atoms with Gasteiger partial charge in [-0.1, -0.05) is 24.9 Å². The van der Waals surface area contributed by atoms with Gasteiger partial charge in [-0.05, 0) is 39.4 Å². The lowest BCUT2D eigenvalue weighted by Gasteiger charge is -2.32. The van der Waals surface area contributed by atoms with Gasteiger partial charge >= 0.3 is 6.03 Å². The van der Waals surface area contributed by atoms with Gasteiger partial charge in [-0.2, -0.15) is 11.8 Å². The Hall–Kier alpha value is -1.17. The fraction of sp³-hybridized carbons (Fsp3) is 0.750. The molecule has 0 aliphatic heterocycles. The van der Waals surface area contributed by atoms with Gasteiger partial charge in [0.05, 0.1) is 11.7 Å². The highest BCUT2D eigenvalue weighted by atomic mass is 32.2. The van der Waals surface area contributed by atoms with Crippen LogP contribution < -0.4 is 10.6 Å². The van der Waals surface area contributed by atoms with Gasteiger partial charge < -0.3 is 15.2 Å². The van der Waals surface area contributed by atoms with E-state index in [0.717, 1.165) is 29.2 Å². The predicted molar refractivity (Wildman–Crippen MR) is 90.2 cm³/mol. The Balaban J connectivity index is 1.91. The zero-order valence-corrected chi connectivity index (χ0v) is 14.8. The fourth-order valence-corrected chi connectivity index (χ4v) is 4.46. The molecule has 1 saturated carbocycles. The average molecular weight is 325 g/mol. The fourth-order valence-electron chi connectivity index (χ4n) is 3.26. The van der Waals surface area contributed by atoms with Crippen LogP contribution in [0.15, 0.2) is 4.52 Å². The first-order valence-corrected chi connectivity index (χ1v) is 9.19. The Morgan fingerprint density at radius 3 is 2.77 bits per heavy atom. The van der Waals surface area contributed by atoms with E-state index in [1.165, 1.54) is 19.3 Å². The van der Waals surface area contributed by atoms with Crippen molar-refractivity contribution >= 4 is 17.8 Å². The summed E-state index contributed by atoms with van der Waals surface area (Å²) < 4.78 is 5.17. The molecule has 1 aliphatic carbocycles. The number of rotatable bonds is 5. The molecule has 0 saturated heterocycles. The first-order valence-electron chi connectivity index (χ1n) is 8.14. The number of nitrogens with one attached hydrogen (secondary N) is 2. The van der Waals surface area contributed by atoms with Crippen molar-refractivity contribution in [3.8, 4) is 0 Å². The van der Waals surface area contributed by atoms with Crippen LogP contribution in [0.2, 0.25) is 0 Å². The molecule has 0 spiro atoms. The Labute approximate surface area is 137 Å². The molecule has 3 atom stereocenters. The van der Waals surface area contributed by atoms with Crippen LogP contribution >= 0.6 is 11.8 Å². The molecular weight excluding hydrogens is 298 g/mol. The number of amides is 2. The highest BCUT2D eigenvalue weighted by Crippen LogP contribution is 2.28. The number of hydrogen-bond donors (Lipinski definition) is 2. The van der Waals surface area contributed by atoms with Crippen molar-refractivity contribution in [1.29, 1.82) is 0 Å². The molecule has 2 rings (SSSR count). The maximum atomic E-state index is 12.3. The lowest BCUT2D eigenvalue weighted by Crippen LogP contribution is -2.48. The molecule has 1 aromatic heterocycles. The maximum Gasteiger partial charge on any atom is 0.315 e. The molecule has 1 heterocycles. The van der Waals surface area contributed by atoms with Crippen LogP contribution in [-0.4, -0.2) is 28.2 Å². The minimum atomic E-state index is -0.105. The lowest BCUT2D eigenvalue weighted by molar-refractivity contribution is 0.230. The van der Waals surface area contributed by atoms with Crippen LogP contribution in [0.25, 0.3) is 0 Å². The van der Waals surface area contributed by atoms with Crippen molar-refractivity contribution in [1.82, 2.24) is 15.8 Å². The molecular formula is C16H27N3O2S. The maximum absolute atomic E-state index is 12.3. The summed E-state index contributed by atoms with van der Waals surface area (Å²) in [6.07, 6.45) is 4.74. The summed E-state index contributed by atoms with van der Waals surface area (Å²) >= 11 is 1.96. The smallest absolute Gasteiger partial charge is 0.315 e. The van der Waals surface area contributed by atoms with Crippen LogP contribution in [0, 0.1) is 13.8 Å². The quantitative estimate of drug-likeness (QED) is 0.866. The van der Waals surface area contributed by atoms with E-state index in [2.05, 4.69) is 22.7 Å². The number of thioether (sulfide) groups is 1. The van der Waals surface area contributed by atoms with Crippen LogP contribution in [0.5, 0.6) is 0 Å². The molecule has 1 aliphatic rings. The lowest BCUT2D eigenvalue weighted by atomic mass is 9.95. The second kappa shape index (κ2) is 7.90. The zero-order valence-electron chi connectivity index (χ0n) is 13.9. The summed E-state index contributed by atoms with van der Waals surface area (Å²) in [4.78, 5) is 12.3. The number of aryl methyl sites for hydroxylation is 2. The van der Waals surface area contributed by atoms with Crippen LogP contribution in [0.3, 0.4) is 0 Å². The van der Waals surface area contributed by atoms with Gasteiger partial charge in [0, 0.05) is 16.9 Å². The number of carbonyl (C=O) groups excluding carboxylic acids is 1. The van der Waals surface area contributed by atoms with E-state index in [-0.39, 0.29) is 18.1 Å². The Morgan fingerprint density at radius 1 is 1.41 bits per heavy atom. The molecule has 2 amide bonds. The molecule has 22 heavy (non-hydrogen) atoms. The second-order valence-corrected chi connectivity index (χ2v) is 7.48. The third-order valence-electron chi connectivity index (χ3n) is 4.27. The normalized spacial score (nSPS) is 23.1. The van der Waals surface area contributed by atoms with Gasteiger partial charge in [-0.3, -0.25) is 0 Å². The van der Waals surface area contributed by atoms with Gasteiger partial charge in [0.15, 0.2) is 0 Å². The van der Waals surface area contributed by atoms with Gasteiger partial charge in [-0.25, -0.2) is 4.79 Å². The molecule has 5 nitrogen and oxygen atoms in total. The molecule has 6 heteroatoms. The summed E-state index contributed by atoms with van der Waals surface area (Å²) in [7, 11) is 0. The van der Waals surface area contributed by atoms with Crippen molar-refractivity contribution in [2.75, 3.05) is 5.75 Å². The number of aromatic nitrogens is 1. The molecule has 1 aromatic rings. The summed E-state index contributed by atoms with van der Waals surface area (Å²) in [6.45, 7) is 7.92.